The quantitative estimate of drug-likeness (QED) is 0.353. The lowest BCUT2D eigenvalue weighted by Gasteiger charge is -2.19. The van der Waals surface area contributed by atoms with E-state index in [9.17, 15) is 14.7 Å². The number of rotatable bonds is 5. The van der Waals surface area contributed by atoms with Crippen LogP contribution in [-0.2, 0) is 12.5 Å². The Morgan fingerprint density at radius 2 is 1.68 bits per heavy atom. The van der Waals surface area contributed by atoms with Gasteiger partial charge >= 0.3 is 5.97 Å². The van der Waals surface area contributed by atoms with Crippen LogP contribution in [-0.4, -0.2) is 37.6 Å². The molecule has 2 aromatic carbocycles. The van der Waals surface area contributed by atoms with Gasteiger partial charge in [-0.05, 0) is 42.5 Å². The predicted molar refractivity (Wildman–Crippen MR) is 132 cm³/mol. The van der Waals surface area contributed by atoms with Crippen LogP contribution in [0, 0.1) is 6.92 Å². The van der Waals surface area contributed by atoms with Crippen LogP contribution in [0.4, 0.5) is 0 Å². The van der Waals surface area contributed by atoms with Gasteiger partial charge in [-0.25, -0.2) is 10.2 Å². The summed E-state index contributed by atoms with van der Waals surface area (Å²) in [5, 5.41) is 28.5. The number of hydrogen-bond acceptors (Lipinski definition) is 5. The molecule has 1 amide bonds. The maximum Gasteiger partial charge on any atom is 0.337 e. The second kappa shape index (κ2) is 9.30. The first kappa shape index (κ1) is 25.0. The zero-order valence-corrected chi connectivity index (χ0v) is 20.7. The van der Waals surface area contributed by atoms with Crippen molar-refractivity contribution in [1.29, 1.82) is 0 Å². The van der Waals surface area contributed by atoms with Crippen molar-refractivity contribution in [3.63, 3.8) is 0 Å². The summed E-state index contributed by atoms with van der Waals surface area (Å²) in [5.74, 6) is -1.79. The topological polar surface area (TPSA) is 117 Å². The summed E-state index contributed by atoms with van der Waals surface area (Å²) in [6.45, 7) is 9.56. The van der Waals surface area contributed by atoms with E-state index in [0.717, 1.165) is 5.56 Å². The van der Waals surface area contributed by atoms with E-state index >= 15 is 0 Å². The van der Waals surface area contributed by atoms with Gasteiger partial charge < -0.3 is 10.2 Å². The number of aromatic carboxylic acids is 1. The number of carbonyl (C=O) groups is 2. The molecule has 3 N–H and O–H groups in total. The van der Waals surface area contributed by atoms with Crippen LogP contribution < -0.4 is 5.43 Å². The average molecular weight is 483 g/mol. The SMILES string of the molecule is CC(=NNC(=O)c1ccc(C(=O)O)c(Cl)c1C)c1nn(C)c(-c2ccc(C(C)(C)C)cc2)c1O. The van der Waals surface area contributed by atoms with E-state index in [4.69, 9.17) is 16.7 Å². The molecule has 0 atom stereocenters. The minimum Gasteiger partial charge on any atom is -0.504 e. The second-order valence-electron chi connectivity index (χ2n) is 9.04. The summed E-state index contributed by atoms with van der Waals surface area (Å²) < 4.78 is 1.56. The lowest BCUT2D eigenvalue weighted by atomic mass is 9.86. The highest BCUT2D eigenvalue weighted by Gasteiger charge is 2.21. The van der Waals surface area contributed by atoms with Gasteiger partial charge in [0.25, 0.3) is 5.91 Å². The van der Waals surface area contributed by atoms with E-state index in [1.165, 1.54) is 17.7 Å². The number of nitrogens with one attached hydrogen (secondary N) is 1. The normalized spacial score (nSPS) is 12.0. The number of carboxylic acids is 1. The Bertz CT molecular complexity index is 1300. The molecule has 1 heterocycles. The first-order valence-electron chi connectivity index (χ1n) is 10.6. The largest absolute Gasteiger partial charge is 0.504 e. The van der Waals surface area contributed by atoms with Gasteiger partial charge in [-0.1, -0.05) is 56.6 Å². The monoisotopic (exact) mass is 482 g/mol. The Morgan fingerprint density at radius 1 is 1.09 bits per heavy atom. The Kier molecular flexibility index (Phi) is 6.84. The van der Waals surface area contributed by atoms with Crippen LogP contribution in [0.5, 0.6) is 5.75 Å². The molecule has 0 unspecified atom stereocenters. The molecule has 0 saturated carbocycles. The van der Waals surface area contributed by atoms with Crippen molar-refractivity contribution in [3.8, 4) is 17.0 Å². The number of amides is 1. The van der Waals surface area contributed by atoms with Crippen LogP contribution in [0.2, 0.25) is 5.02 Å². The molecule has 34 heavy (non-hydrogen) atoms. The minimum absolute atomic E-state index is 0.00894. The molecule has 1 aromatic heterocycles. The lowest BCUT2D eigenvalue weighted by Crippen LogP contribution is -2.21. The van der Waals surface area contributed by atoms with Gasteiger partial charge in [-0.15, -0.1) is 0 Å². The van der Waals surface area contributed by atoms with E-state index in [0.29, 0.717) is 17.0 Å². The van der Waals surface area contributed by atoms with Crippen molar-refractivity contribution < 1.29 is 19.8 Å². The highest BCUT2D eigenvalue weighted by Crippen LogP contribution is 2.33. The Morgan fingerprint density at radius 3 is 2.24 bits per heavy atom. The van der Waals surface area contributed by atoms with E-state index in [2.05, 4.69) is 36.4 Å². The fourth-order valence-corrected chi connectivity index (χ4v) is 3.80. The number of aryl methyl sites for hydroxylation is 1. The number of hydrogen-bond donors (Lipinski definition) is 3. The van der Waals surface area contributed by atoms with Gasteiger partial charge in [0, 0.05) is 18.2 Å². The summed E-state index contributed by atoms with van der Waals surface area (Å²) in [4.78, 5) is 23.8. The molecule has 0 saturated heterocycles. The molecule has 0 aliphatic heterocycles. The second-order valence-corrected chi connectivity index (χ2v) is 9.42. The summed E-state index contributed by atoms with van der Waals surface area (Å²) in [7, 11) is 1.72. The zero-order chi connectivity index (χ0) is 25.4. The number of halogens is 1. The van der Waals surface area contributed by atoms with Crippen molar-refractivity contribution in [2.24, 2.45) is 12.1 Å². The number of carboxylic acid groups (broad SMARTS) is 1. The van der Waals surface area contributed by atoms with Gasteiger partial charge in [0.05, 0.1) is 16.3 Å². The molecule has 0 bridgehead atoms. The van der Waals surface area contributed by atoms with Gasteiger partial charge in [0.15, 0.2) is 11.4 Å². The van der Waals surface area contributed by atoms with E-state index in [1.807, 2.05) is 24.3 Å². The first-order chi connectivity index (χ1) is 15.8. The molecule has 178 valence electrons. The maximum absolute atomic E-state index is 12.6. The number of nitrogens with zero attached hydrogens (tertiary/aromatic N) is 3. The molecular weight excluding hydrogens is 456 g/mol. The standard InChI is InChI=1S/C25H27ClN4O4/c1-13-17(11-12-18(19(13)26)24(33)34)23(32)28-27-14(2)20-22(31)21(30(6)29-20)15-7-9-16(10-8-15)25(3,4)5/h7-12,31H,1-6H3,(H,28,32)(H,33,34). The maximum atomic E-state index is 12.6. The molecule has 0 aliphatic rings. The predicted octanol–water partition coefficient (Wildman–Crippen LogP) is 4.90. The molecule has 3 rings (SSSR count). The number of hydrazone groups is 1. The molecule has 8 nitrogen and oxygen atoms in total. The Balaban J connectivity index is 1.86. The molecule has 0 spiro atoms. The van der Waals surface area contributed by atoms with Gasteiger partial charge in [0.2, 0.25) is 0 Å². The molecular formula is C25H27ClN4O4. The van der Waals surface area contributed by atoms with Gasteiger partial charge in [-0.2, -0.15) is 10.2 Å². The third kappa shape index (κ3) is 4.82. The molecule has 3 aromatic rings. The Hall–Kier alpha value is -3.65. The first-order valence-corrected chi connectivity index (χ1v) is 10.9. The third-order valence-electron chi connectivity index (χ3n) is 5.58. The van der Waals surface area contributed by atoms with Gasteiger partial charge in [0.1, 0.15) is 5.69 Å². The molecule has 0 radical (unpaired) electrons. The van der Waals surface area contributed by atoms with Crippen molar-refractivity contribution >= 4 is 29.2 Å². The summed E-state index contributed by atoms with van der Waals surface area (Å²) in [6, 6.07) is 10.6. The minimum atomic E-state index is -1.18. The van der Waals surface area contributed by atoms with Crippen LogP contribution in [0.1, 0.15) is 65.2 Å². The van der Waals surface area contributed by atoms with Gasteiger partial charge in [-0.3, -0.25) is 9.48 Å². The van der Waals surface area contributed by atoms with Crippen LogP contribution >= 0.6 is 11.6 Å². The van der Waals surface area contributed by atoms with Crippen molar-refractivity contribution in [3.05, 3.63) is 69.4 Å². The zero-order valence-electron chi connectivity index (χ0n) is 19.9. The van der Waals surface area contributed by atoms with Crippen molar-refractivity contribution in [1.82, 2.24) is 15.2 Å². The highest BCUT2D eigenvalue weighted by atomic mass is 35.5. The molecule has 0 fully saturated rings. The summed E-state index contributed by atoms with van der Waals surface area (Å²) in [5.41, 5.74) is 5.89. The van der Waals surface area contributed by atoms with Crippen LogP contribution in [0.25, 0.3) is 11.3 Å². The number of carbonyl (C=O) groups excluding carboxylic acids is 1. The number of aromatic hydroxyl groups is 1. The van der Waals surface area contributed by atoms with Crippen LogP contribution in [0.15, 0.2) is 41.5 Å². The lowest BCUT2D eigenvalue weighted by molar-refractivity contribution is 0.0696. The molecule has 9 heteroatoms. The number of aromatic nitrogens is 2. The molecule has 0 aliphatic carbocycles. The Labute approximate surface area is 202 Å². The summed E-state index contributed by atoms with van der Waals surface area (Å²) >= 11 is 6.09. The number of benzene rings is 2. The average Bonchev–Trinajstić information content (AvgIpc) is 3.06. The fraction of sp³-hybridized carbons (Fsp3) is 0.280. The third-order valence-corrected chi connectivity index (χ3v) is 6.06. The highest BCUT2D eigenvalue weighted by molar-refractivity contribution is 6.34. The van der Waals surface area contributed by atoms with E-state index in [-0.39, 0.29) is 33.0 Å². The van der Waals surface area contributed by atoms with Crippen molar-refractivity contribution in [2.75, 3.05) is 0 Å². The van der Waals surface area contributed by atoms with E-state index < -0.39 is 11.9 Å². The van der Waals surface area contributed by atoms with Crippen molar-refractivity contribution in [2.45, 2.75) is 40.0 Å². The summed E-state index contributed by atoms with van der Waals surface area (Å²) in [6.07, 6.45) is 0. The smallest absolute Gasteiger partial charge is 0.337 e. The van der Waals surface area contributed by atoms with Crippen LogP contribution in [0.3, 0.4) is 0 Å². The van der Waals surface area contributed by atoms with E-state index in [1.54, 1.807) is 25.6 Å². The fourth-order valence-electron chi connectivity index (χ4n) is 3.55.